The number of rotatable bonds is 7. The van der Waals surface area contributed by atoms with Gasteiger partial charge in [0, 0.05) is 0 Å². The summed E-state index contributed by atoms with van der Waals surface area (Å²) in [6.45, 7) is 18.9. The molecular formula is C16H33. The quantitative estimate of drug-likeness (QED) is 0.530. The molecule has 0 saturated carbocycles. The number of hydrogen-bond donors (Lipinski definition) is 0. The van der Waals surface area contributed by atoms with Crippen LogP contribution in [-0.4, -0.2) is 0 Å². The second-order valence-electron chi connectivity index (χ2n) is 6.68. The van der Waals surface area contributed by atoms with Gasteiger partial charge in [0.05, 0.1) is 0 Å². The van der Waals surface area contributed by atoms with Crippen LogP contribution in [-0.2, 0) is 0 Å². The molecule has 0 saturated heterocycles. The fraction of sp³-hybridized carbons (Fsp3) is 0.938. The third-order valence-electron chi connectivity index (χ3n) is 4.99. The molecule has 0 aliphatic rings. The molecule has 3 unspecified atom stereocenters. The van der Waals surface area contributed by atoms with E-state index in [1.165, 1.54) is 12.8 Å². The van der Waals surface area contributed by atoms with Crippen LogP contribution in [0.2, 0.25) is 0 Å². The van der Waals surface area contributed by atoms with Gasteiger partial charge in [-0.2, -0.15) is 0 Å². The first kappa shape index (κ1) is 16.0. The van der Waals surface area contributed by atoms with Crippen molar-refractivity contribution in [2.45, 2.75) is 68.2 Å². The molecule has 0 bridgehead atoms. The van der Waals surface area contributed by atoms with Crippen LogP contribution in [0.1, 0.15) is 68.2 Å². The van der Waals surface area contributed by atoms with E-state index >= 15 is 0 Å². The third kappa shape index (κ3) is 4.89. The minimum Gasteiger partial charge on any atom is -0.0649 e. The van der Waals surface area contributed by atoms with E-state index in [2.05, 4.69) is 61.8 Å². The Morgan fingerprint density at radius 2 is 1.50 bits per heavy atom. The molecule has 0 aliphatic carbocycles. The molecule has 0 spiro atoms. The summed E-state index contributed by atoms with van der Waals surface area (Å²) in [6, 6.07) is 0. The van der Waals surface area contributed by atoms with E-state index in [1.54, 1.807) is 0 Å². The molecule has 0 heterocycles. The van der Waals surface area contributed by atoms with Crippen molar-refractivity contribution in [2.24, 2.45) is 29.1 Å². The lowest BCUT2D eigenvalue weighted by molar-refractivity contribution is 0.208. The molecule has 0 nitrogen and oxygen atoms in total. The zero-order chi connectivity index (χ0) is 12.9. The van der Waals surface area contributed by atoms with Gasteiger partial charge in [0.1, 0.15) is 0 Å². The molecule has 0 aromatic rings. The maximum Gasteiger partial charge on any atom is -0.0331 e. The number of hydrogen-bond acceptors (Lipinski definition) is 0. The first-order valence-corrected chi connectivity index (χ1v) is 7.05. The molecular weight excluding hydrogens is 192 g/mol. The van der Waals surface area contributed by atoms with Gasteiger partial charge in [0.15, 0.2) is 0 Å². The Kier molecular flexibility index (Phi) is 6.67. The van der Waals surface area contributed by atoms with E-state index in [4.69, 9.17) is 0 Å². The molecule has 0 aliphatic heterocycles. The normalized spacial score (nSPS) is 18.6. The fourth-order valence-electron chi connectivity index (χ4n) is 1.91. The summed E-state index contributed by atoms with van der Waals surface area (Å²) in [5, 5.41) is 0. The standard InChI is InChI=1S/C16H33/c1-9-16(7,8)14(5)11-10-13(4)15(6)12(2)3/h10,12-15H,9,11H2,1-8H3. The van der Waals surface area contributed by atoms with Crippen LogP contribution in [0.5, 0.6) is 0 Å². The highest BCUT2D eigenvalue weighted by atomic mass is 14.3. The van der Waals surface area contributed by atoms with Crippen molar-refractivity contribution in [3.05, 3.63) is 6.42 Å². The van der Waals surface area contributed by atoms with E-state index in [0.717, 1.165) is 23.7 Å². The summed E-state index contributed by atoms with van der Waals surface area (Å²) in [5.74, 6) is 3.13. The molecule has 0 amide bonds. The molecule has 0 aromatic carbocycles. The molecule has 0 rings (SSSR count). The summed E-state index contributed by atoms with van der Waals surface area (Å²) < 4.78 is 0. The summed E-state index contributed by atoms with van der Waals surface area (Å²) in [7, 11) is 0. The molecule has 3 atom stereocenters. The second-order valence-corrected chi connectivity index (χ2v) is 6.68. The molecule has 97 valence electrons. The van der Waals surface area contributed by atoms with Gasteiger partial charge >= 0.3 is 0 Å². The van der Waals surface area contributed by atoms with Crippen LogP contribution in [0.15, 0.2) is 0 Å². The Morgan fingerprint density at radius 1 is 1.00 bits per heavy atom. The maximum absolute atomic E-state index is 2.55. The highest BCUT2D eigenvalue weighted by Gasteiger charge is 2.25. The molecule has 0 aromatic heterocycles. The zero-order valence-electron chi connectivity index (χ0n) is 12.8. The van der Waals surface area contributed by atoms with E-state index in [-0.39, 0.29) is 0 Å². The smallest absolute Gasteiger partial charge is 0.0331 e. The van der Waals surface area contributed by atoms with Crippen LogP contribution in [0, 0.1) is 35.5 Å². The van der Waals surface area contributed by atoms with Crippen LogP contribution in [0.25, 0.3) is 0 Å². The molecule has 0 fully saturated rings. The van der Waals surface area contributed by atoms with Gasteiger partial charge in [-0.3, -0.25) is 0 Å². The van der Waals surface area contributed by atoms with Gasteiger partial charge in [-0.1, -0.05) is 61.8 Å². The lowest BCUT2D eigenvalue weighted by Crippen LogP contribution is -2.23. The van der Waals surface area contributed by atoms with Crippen LogP contribution >= 0.6 is 0 Å². The minimum absolute atomic E-state index is 0.483. The van der Waals surface area contributed by atoms with E-state index in [1.807, 2.05) is 0 Å². The Hall–Kier alpha value is 0. The van der Waals surface area contributed by atoms with Crippen molar-refractivity contribution >= 4 is 0 Å². The van der Waals surface area contributed by atoms with Gasteiger partial charge in [-0.25, -0.2) is 0 Å². The van der Waals surface area contributed by atoms with Gasteiger partial charge < -0.3 is 0 Å². The van der Waals surface area contributed by atoms with Crippen molar-refractivity contribution in [3.8, 4) is 0 Å². The summed E-state index contributed by atoms with van der Waals surface area (Å²) in [5.41, 5.74) is 0.483. The van der Waals surface area contributed by atoms with Crippen molar-refractivity contribution in [1.82, 2.24) is 0 Å². The van der Waals surface area contributed by atoms with Gasteiger partial charge in [0.2, 0.25) is 0 Å². The Morgan fingerprint density at radius 3 is 1.88 bits per heavy atom. The first-order valence-electron chi connectivity index (χ1n) is 7.05. The Bertz CT molecular complexity index is 178. The average Bonchev–Trinajstić information content (AvgIpc) is 2.23. The van der Waals surface area contributed by atoms with Gasteiger partial charge in [-0.15, -0.1) is 0 Å². The van der Waals surface area contributed by atoms with Crippen LogP contribution < -0.4 is 0 Å². The average molecular weight is 225 g/mol. The van der Waals surface area contributed by atoms with Crippen molar-refractivity contribution in [3.63, 3.8) is 0 Å². The zero-order valence-corrected chi connectivity index (χ0v) is 12.8. The summed E-state index contributed by atoms with van der Waals surface area (Å²) in [6.07, 6.45) is 5.09. The second kappa shape index (κ2) is 6.67. The van der Waals surface area contributed by atoms with E-state index in [0.29, 0.717) is 5.41 Å². The maximum atomic E-state index is 2.55. The topological polar surface area (TPSA) is 0 Å². The van der Waals surface area contributed by atoms with Crippen molar-refractivity contribution < 1.29 is 0 Å². The van der Waals surface area contributed by atoms with Crippen molar-refractivity contribution in [1.29, 1.82) is 0 Å². The van der Waals surface area contributed by atoms with E-state index in [9.17, 15) is 0 Å². The van der Waals surface area contributed by atoms with Gasteiger partial charge in [-0.05, 0) is 41.9 Å². The molecule has 0 N–H and O–H groups in total. The van der Waals surface area contributed by atoms with Crippen LogP contribution in [0.3, 0.4) is 0 Å². The van der Waals surface area contributed by atoms with E-state index < -0.39 is 0 Å². The fourth-order valence-corrected chi connectivity index (χ4v) is 1.91. The Balaban J connectivity index is 4.06. The lowest BCUT2D eigenvalue weighted by atomic mass is 9.73. The minimum atomic E-state index is 0.483. The monoisotopic (exact) mass is 225 g/mol. The van der Waals surface area contributed by atoms with Gasteiger partial charge in [0.25, 0.3) is 0 Å². The third-order valence-corrected chi connectivity index (χ3v) is 4.99. The SMILES string of the molecule is CCC(C)(C)C(C)C[CH]C(C)C(C)C(C)C. The first-order chi connectivity index (χ1) is 7.22. The van der Waals surface area contributed by atoms with Crippen molar-refractivity contribution in [2.75, 3.05) is 0 Å². The Labute approximate surface area is 104 Å². The predicted octanol–water partition coefficient (Wildman–Crippen LogP) is 5.58. The highest BCUT2D eigenvalue weighted by Crippen LogP contribution is 2.35. The lowest BCUT2D eigenvalue weighted by Gasteiger charge is -2.32. The molecule has 16 heavy (non-hydrogen) atoms. The molecule has 0 heteroatoms. The predicted molar refractivity (Wildman–Crippen MR) is 75.3 cm³/mol. The molecule has 1 radical (unpaired) electrons. The summed E-state index contributed by atoms with van der Waals surface area (Å²) >= 11 is 0. The highest BCUT2D eigenvalue weighted by molar-refractivity contribution is 4.84. The largest absolute Gasteiger partial charge is 0.0649 e. The van der Waals surface area contributed by atoms with Crippen LogP contribution in [0.4, 0.5) is 0 Å². The summed E-state index contributed by atoms with van der Waals surface area (Å²) in [4.78, 5) is 0.